The van der Waals surface area contributed by atoms with Gasteiger partial charge >= 0.3 is 0 Å². The lowest BCUT2D eigenvalue weighted by Crippen LogP contribution is -2.35. The number of hydrogen-bond donors (Lipinski definition) is 1. The highest BCUT2D eigenvalue weighted by Gasteiger charge is 2.46. The van der Waals surface area contributed by atoms with E-state index in [0.29, 0.717) is 42.3 Å². The zero-order valence-corrected chi connectivity index (χ0v) is 20.7. The maximum Gasteiger partial charge on any atom is 0.295 e. The number of benzene rings is 3. The van der Waals surface area contributed by atoms with Gasteiger partial charge in [0, 0.05) is 18.7 Å². The normalized spacial score (nSPS) is 17.0. The van der Waals surface area contributed by atoms with Gasteiger partial charge in [-0.15, -0.1) is 0 Å². The number of rotatable bonds is 9. The van der Waals surface area contributed by atoms with Gasteiger partial charge in [0.1, 0.15) is 12.4 Å². The van der Waals surface area contributed by atoms with Crippen LogP contribution in [0, 0.1) is 0 Å². The second kappa shape index (κ2) is 11.1. The minimum Gasteiger partial charge on any atom is -0.507 e. The summed E-state index contributed by atoms with van der Waals surface area (Å²) in [6, 6.07) is 23.1. The summed E-state index contributed by atoms with van der Waals surface area (Å²) in [4.78, 5) is 29.7. The van der Waals surface area contributed by atoms with Crippen LogP contribution in [0.25, 0.3) is 5.76 Å². The summed E-state index contributed by atoms with van der Waals surface area (Å²) in [6.07, 6.45) is 0. The average molecular weight is 487 g/mol. The molecule has 1 heterocycles. The van der Waals surface area contributed by atoms with Crippen LogP contribution in [0.3, 0.4) is 0 Å². The van der Waals surface area contributed by atoms with Gasteiger partial charge in [-0.05, 0) is 37.4 Å². The minimum atomic E-state index is -0.762. The number of methoxy groups -OCH3 is 1. The molecule has 4 rings (SSSR count). The Balaban J connectivity index is 1.74. The van der Waals surface area contributed by atoms with Crippen LogP contribution in [0.2, 0.25) is 0 Å². The van der Waals surface area contributed by atoms with Crippen LogP contribution >= 0.6 is 0 Å². The maximum absolute atomic E-state index is 13.2. The Labute approximate surface area is 211 Å². The maximum atomic E-state index is 13.2. The van der Waals surface area contributed by atoms with Crippen LogP contribution < -0.4 is 9.47 Å². The van der Waals surface area contributed by atoms with E-state index in [1.54, 1.807) is 49.6 Å². The first kappa shape index (κ1) is 25.0. The highest BCUT2D eigenvalue weighted by atomic mass is 16.5. The molecule has 1 aliphatic heterocycles. The number of hydrogen-bond acceptors (Lipinski definition) is 6. The smallest absolute Gasteiger partial charge is 0.295 e. The number of aliphatic hydroxyl groups is 1. The fourth-order valence-corrected chi connectivity index (χ4v) is 4.23. The van der Waals surface area contributed by atoms with Crippen LogP contribution in [-0.2, 0) is 16.2 Å². The number of carbonyl (C=O) groups is 2. The first-order valence-corrected chi connectivity index (χ1v) is 11.7. The van der Waals surface area contributed by atoms with E-state index in [1.165, 1.54) is 4.90 Å². The Hall–Kier alpha value is -4.10. The summed E-state index contributed by atoms with van der Waals surface area (Å²) >= 11 is 0. The Kier molecular flexibility index (Phi) is 7.71. The van der Waals surface area contributed by atoms with E-state index < -0.39 is 17.7 Å². The van der Waals surface area contributed by atoms with Crippen molar-refractivity contribution in [3.8, 4) is 11.5 Å². The minimum absolute atomic E-state index is 0.0602. The summed E-state index contributed by atoms with van der Waals surface area (Å²) in [7, 11) is 5.34. The highest BCUT2D eigenvalue weighted by Crippen LogP contribution is 2.42. The zero-order chi connectivity index (χ0) is 25.7. The van der Waals surface area contributed by atoms with Gasteiger partial charge < -0.3 is 24.4 Å². The van der Waals surface area contributed by atoms with Crippen LogP contribution in [0.1, 0.15) is 22.7 Å². The van der Waals surface area contributed by atoms with Crippen molar-refractivity contribution >= 4 is 17.4 Å². The third kappa shape index (κ3) is 5.26. The molecule has 1 atom stereocenters. The van der Waals surface area contributed by atoms with Gasteiger partial charge in [-0.25, -0.2) is 0 Å². The van der Waals surface area contributed by atoms with Crippen molar-refractivity contribution in [3.63, 3.8) is 0 Å². The van der Waals surface area contributed by atoms with E-state index in [-0.39, 0.29) is 11.3 Å². The van der Waals surface area contributed by atoms with E-state index in [4.69, 9.17) is 9.47 Å². The van der Waals surface area contributed by atoms with Crippen LogP contribution in [0.5, 0.6) is 11.5 Å². The van der Waals surface area contributed by atoms with E-state index >= 15 is 0 Å². The van der Waals surface area contributed by atoms with Crippen LogP contribution in [-0.4, -0.2) is 60.9 Å². The molecule has 3 aromatic rings. The van der Waals surface area contributed by atoms with E-state index in [1.807, 2.05) is 55.4 Å². The molecular weight excluding hydrogens is 456 g/mol. The second-order valence-electron chi connectivity index (χ2n) is 8.85. The Bertz CT molecular complexity index is 1260. The average Bonchev–Trinajstić information content (AvgIpc) is 3.16. The summed E-state index contributed by atoms with van der Waals surface area (Å²) in [5.74, 6) is -0.527. The fourth-order valence-electron chi connectivity index (χ4n) is 4.23. The summed E-state index contributed by atoms with van der Waals surface area (Å²) in [6.45, 7) is 1.25. The van der Waals surface area contributed by atoms with E-state index in [9.17, 15) is 14.7 Å². The van der Waals surface area contributed by atoms with Gasteiger partial charge in [0.15, 0.2) is 11.5 Å². The van der Waals surface area contributed by atoms with Crippen LogP contribution in [0.15, 0.2) is 84.4 Å². The van der Waals surface area contributed by atoms with Crippen molar-refractivity contribution in [1.29, 1.82) is 0 Å². The second-order valence-corrected chi connectivity index (χ2v) is 8.85. The fraction of sp³-hybridized carbons (Fsp3) is 0.241. The van der Waals surface area contributed by atoms with Crippen molar-refractivity contribution in [3.05, 3.63) is 101 Å². The molecule has 1 fully saturated rings. The molecule has 3 aromatic carbocycles. The van der Waals surface area contributed by atoms with Crippen LogP contribution in [0.4, 0.5) is 0 Å². The van der Waals surface area contributed by atoms with Crippen molar-refractivity contribution in [2.75, 3.05) is 34.3 Å². The Morgan fingerprint density at radius 2 is 1.61 bits per heavy atom. The molecule has 0 radical (unpaired) electrons. The topological polar surface area (TPSA) is 79.3 Å². The molecule has 1 saturated heterocycles. The lowest BCUT2D eigenvalue weighted by Gasteiger charge is -2.27. The lowest BCUT2D eigenvalue weighted by molar-refractivity contribution is -0.140. The molecule has 7 nitrogen and oxygen atoms in total. The van der Waals surface area contributed by atoms with Gasteiger partial charge in [-0.1, -0.05) is 66.7 Å². The Morgan fingerprint density at radius 1 is 0.944 bits per heavy atom. The molecule has 0 aliphatic carbocycles. The van der Waals surface area contributed by atoms with E-state index in [2.05, 4.69) is 0 Å². The number of nitrogens with zero attached hydrogens (tertiary/aromatic N) is 2. The van der Waals surface area contributed by atoms with Gasteiger partial charge in [-0.2, -0.15) is 0 Å². The third-order valence-electron chi connectivity index (χ3n) is 6.12. The SMILES string of the molecule is COc1cc(C2C(=C(O)c3ccccc3)C(=O)C(=O)N2CCN(C)C)ccc1OCc1ccccc1. The monoisotopic (exact) mass is 486 g/mol. The number of Topliss-reactive ketones (excluding diaryl/α,β-unsaturated/α-hetero) is 1. The summed E-state index contributed by atoms with van der Waals surface area (Å²) < 4.78 is 11.6. The molecule has 0 bridgehead atoms. The van der Waals surface area contributed by atoms with Crippen molar-refractivity contribution < 1.29 is 24.2 Å². The summed E-state index contributed by atoms with van der Waals surface area (Å²) in [5.41, 5.74) is 2.20. The predicted molar refractivity (Wildman–Crippen MR) is 138 cm³/mol. The highest BCUT2D eigenvalue weighted by molar-refractivity contribution is 6.46. The number of carbonyl (C=O) groups excluding carboxylic acids is 2. The molecule has 0 aromatic heterocycles. The molecular formula is C29H30N2O5. The quantitative estimate of drug-likeness (QED) is 0.277. The van der Waals surface area contributed by atoms with Gasteiger partial charge in [0.25, 0.3) is 11.7 Å². The van der Waals surface area contributed by atoms with Crippen molar-refractivity contribution in [1.82, 2.24) is 9.80 Å². The van der Waals surface area contributed by atoms with Gasteiger partial charge in [0.05, 0.1) is 18.7 Å². The van der Waals surface area contributed by atoms with Gasteiger partial charge in [-0.3, -0.25) is 9.59 Å². The molecule has 0 spiro atoms. The standard InChI is InChI=1S/C29H30N2O5/c1-30(2)16-17-31-26(25(28(33)29(31)34)27(32)21-12-8-5-9-13-21)22-14-15-23(24(18-22)35-3)36-19-20-10-6-4-7-11-20/h4-15,18,26,32H,16-17,19H2,1-3H3. The van der Waals surface area contributed by atoms with E-state index in [0.717, 1.165) is 5.56 Å². The number of aliphatic hydroxyl groups excluding tert-OH is 1. The zero-order valence-electron chi connectivity index (χ0n) is 20.7. The first-order valence-electron chi connectivity index (χ1n) is 11.7. The molecule has 1 amide bonds. The number of ether oxygens (including phenoxy) is 2. The first-order chi connectivity index (χ1) is 17.4. The number of likely N-dealkylation sites (tertiary alicyclic amines) is 1. The molecule has 0 saturated carbocycles. The predicted octanol–water partition coefficient (Wildman–Crippen LogP) is 4.26. The van der Waals surface area contributed by atoms with Crippen molar-refractivity contribution in [2.24, 2.45) is 0 Å². The molecule has 1 unspecified atom stereocenters. The molecule has 7 heteroatoms. The molecule has 1 aliphatic rings. The molecule has 1 N–H and O–H groups in total. The van der Waals surface area contributed by atoms with Gasteiger partial charge in [0.2, 0.25) is 0 Å². The number of amides is 1. The number of likely N-dealkylation sites (N-methyl/N-ethyl adjacent to an activating group) is 1. The third-order valence-corrected chi connectivity index (χ3v) is 6.12. The number of ketones is 1. The van der Waals surface area contributed by atoms with Crippen molar-refractivity contribution in [2.45, 2.75) is 12.6 Å². The summed E-state index contributed by atoms with van der Waals surface area (Å²) in [5, 5.41) is 11.1. The largest absolute Gasteiger partial charge is 0.507 e. The lowest BCUT2D eigenvalue weighted by atomic mass is 9.95. The Morgan fingerprint density at radius 3 is 2.25 bits per heavy atom. The molecule has 186 valence electrons. The molecule has 36 heavy (non-hydrogen) atoms.